The molecule has 0 saturated heterocycles. The van der Waals surface area contributed by atoms with E-state index in [2.05, 4.69) is 41.3 Å². The van der Waals surface area contributed by atoms with Crippen LogP contribution in [0.2, 0.25) is 0 Å². The van der Waals surface area contributed by atoms with E-state index < -0.39 is 5.60 Å². The van der Waals surface area contributed by atoms with Crippen molar-refractivity contribution in [3.8, 4) is 0 Å². The van der Waals surface area contributed by atoms with Crippen molar-refractivity contribution in [1.29, 1.82) is 0 Å². The lowest BCUT2D eigenvalue weighted by Gasteiger charge is -2.48. The highest BCUT2D eigenvalue weighted by atomic mass is 16.6. The summed E-state index contributed by atoms with van der Waals surface area (Å²) in [5.74, 6) is 0.717. The number of hydrogen-bond donors (Lipinski definition) is 3. The number of nitrogens with zero attached hydrogens (tertiary/aromatic N) is 2. The van der Waals surface area contributed by atoms with Crippen LogP contribution in [0.15, 0.2) is 40.5 Å². The summed E-state index contributed by atoms with van der Waals surface area (Å²) in [7, 11) is 0. The maximum Gasteiger partial charge on any atom is 0.186 e. The van der Waals surface area contributed by atoms with Crippen molar-refractivity contribution >= 4 is 12.2 Å². The maximum absolute atomic E-state index is 11.4. The molecule has 4 atom stereocenters. The second-order valence-corrected chi connectivity index (χ2v) is 7.84. The van der Waals surface area contributed by atoms with Gasteiger partial charge >= 0.3 is 0 Å². The van der Waals surface area contributed by atoms with Gasteiger partial charge in [0.25, 0.3) is 0 Å². The number of aliphatic imine (C=N–C) groups is 1. The number of nitrogens with two attached hydrogens (primary N) is 2. The van der Waals surface area contributed by atoms with Crippen molar-refractivity contribution in [3.63, 3.8) is 0 Å². The molecule has 2 saturated carbocycles. The molecule has 0 bridgehead atoms. The van der Waals surface area contributed by atoms with Crippen LogP contribution in [0.25, 0.3) is 0 Å². The predicted molar refractivity (Wildman–Crippen MR) is 104 cm³/mol. The summed E-state index contributed by atoms with van der Waals surface area (Å²) in [5, 5.41) is 15.5. The highest BCUT2D eigenvalue weighted by Gasteiger charge is 2.58. The fourth-order valence-corrected chi connectivity index (χ4v) is 4.71. The van der Waals surface area contributed by atoms with E-state index in [0.717, 1.165) is 32.1 Å². The van der Waals surface area contributed by atoms with E-state index in [4.69, 9.17) is 16.3 Å². The first-order valence-electron chi connectivity index (χ1n) is 9.43. The number of oxime groups is 1. The third kappa shape index (κ3) is 3.70. The van der Waals surface area contributed by atoms with Gasteiger partial charge in [0.15, 0.2) is 5.96 Å². The monoisotopic (exact) mass is 358 g/mol. The number of rotatable bonds is 6. The van der Waals surface area contributed by atoms with Gasteiger partial charge in [-0.15, -0.1) is 0 Å². The molecular formula is C20H30N4O2. The van der Waals surface area contributed by atoms with Gasteiger partial charge in [-0.3, -0.25) is 0 Å². The summed E-state index contributed by atoms with van der Waals surface area (Å²) < 4.78 is 0. The number of fused-ring (bicyclic) bond motifs is 1. The first kappa shape index (κ1) is 18.7. The zero-order chi connectivity index (χ0) is 18.6. The summed E-state index contributed by atoms with van der Waals surface area (Å²) >= 11 is 0. The van der Waals surface area contributed by atoms with Crippen LogP contribution in [-0.2, 0) is 4.84 Å². The third-order valence-electron chi connectivity index (χ3n) is 6.41. The maximum atomic E-state index is 11.4. The lowest BCUT2D eigenvalue weighted by Crippen LogP contribution is -2.49. The molecule has 5 N–H and O–H groups in total. The van der Waals surface area contributed by atoms with Crippen molar-refractivity contribution in [2.45, 2.75) is 50.5 Å². The van der Waals surface area contributed by atoms with Gasteiger partial charge < -0.3 is 21.4 Å². The summed E-state index contributed by atoms with van der Waals surface area (Å²) in [6, 6.07) is 10.6. The Morgan fingerprint density at radius 2 is 2.04 bits per heavy atom. The van der Waals surface area contributed by atoms with Crippen molar-refractivity contribution in [1.82, 2.24) is 0 Å². The zero-order valence-electron chi connectivity index (χ0n) is 15.5. The minimum atomic E-state index is -0.638. The summed E-state index contributed by atoms with van der Waals surface area (Å²) in [6.45, 7) is 2.94. The van der Waals surface area contributed by atoms with E-state index in [0.29, 0.717) is 19.1 Å². The molecule has 6 nitrogen and oxygen atoms in total. The van der Waals surface area contributed by atoms with Gasteiger partial charge in [-0.05, 0) is 43.6 Å². The van der Waals surface area contributed by atoms with Crippen molar-refractivity contribution in [2.24, 2.45) is 32.9 Å². The van der Waals surface area contributed by atoms with Crippen LogP contribution in [-0.4, -0.2) is 36.0 Å². The lowest BCUT2D eigenvalue weighted by molar-refractivity contribution is -0.0959. The number of hydrogen-bond acceptors (Lipinski definition) is 4. The predicted octanol–water partition coefficient (Wildman–Crippen LogP) is 2.38. The van der Waals surface area contributed by atoms with Gasteiger partial charge in [0.2, 0.25) is 0 Å². The van der Waals surface area contributed by atoms with Crippen molar-refractivity contribution in [2.75, 3.05) is 13.2 Å². The van der Waals surface area contributed by atoms with E-state index in [9.17, 15) is 5.11 Å². The Kier molecular flexibility index (Phi) is 5.51. The first-order valence-corrected chi connectivity index (χ1v) is 9.43. The van der Waals surface area contributed by atoms with Crippen LogP contribution in [0.1, 0.15) is 50.5 Å². The Morgan fingerprint density at radius 3 is 2.77 bits per heavy atom. The standard InChI is InChI=1S/C20H30N4O2/c1-19-9-7-16(15-5-3-2-4-6-15)13-20(19,25)10-8-17(19)14-24-26-12-11-23-18(21)22/h2-6,14,16-17,25H,7-13H2,1H3,(H4,21,22,23)/b24-14+/t16-,17+,19+,20-/m0/s1. The fourth-order valence-electron chi connectivity index (χ4n) is 4.71. The van der Waals surface area contributed by atoms with Crippen LogP contribution >= 0.6 is 0 Å². The average Bonchev–Trinajstić information content (AvgIpc) is 2.89. The Balaban J connectivity index is 1.61. The Bertz CT molecular complexity index is 659. The molecule has 0 heterocycles. The SMILES string of the molecule is C[C@]12CC[C@H](c3ccccc3)C[C@@]1(O)CC[C@@H]2/C=N/OCCN=C(N)N. The molecule has 1 aromatic carbocycles. The molecular weight excluding hydrogens is 328 g/mol. The van der Waals surface area contributed by atoms with Gasteiger partial charge in [0.1, 0.15) is 6.61 Å². The second kappa shape index (κ2) is 7.66. The molecule has 0 radical (unpaired) electrons. The largest absolute Gasteiger partial charge is 0.394 e. The summed E-state index contributed by atoms with van der Waals surface area (Å²) in [4.78, 5) is 9.12. The van der Waals surface area contributed by atoms with E-state index >= 15 is 0 Å². The molecule has 2 fully saturated rings. The van der Waals surface area contributed by atoms with E-state index in [1.165, 1.54) is 5.56 Å². The highest BCUT2D eigenvalue weighted by molar-refractivity contribution is 5.75. The third-order valence-corrected chi connectivity index (χ3v) is 6.41. The molecule has 0 aromatic heterocycles. The Labute approximate surface area is 155 Å². The van der Waals surface area contributed by atoms with E-state index in [-0.39, 0.29) is 17.3 Å². The van der Waals surface area contributed by atoms with Crippen molar-refractivity contribution < 1.29 is 9.94 Å². The molecule has 0 spiro atoms. The molecule has 2 aliphatic rings. The molecule has 3 rings (SSSR count). The van der Waals surface area contributed by atoms with Gasteiger partial charge in [-0.2, -0.15) is 0 Å². The van der Waals surface area contributed by atoms with Gasteiger partial charge in [-0.1, -0.05) is 42.4 Å². The molecule has 0 aliphatic heterocycles. The zero-order valence-corrected chi connectivity index (χ0v) is 15.5. The molecule has 6 heteroatoms. The minimum Gasteiger partial charge on any atom is -0.394 e. The smallest absolute Gasteiger partial charge is 0.186 e. The normalized spacial score (nSPS) is 33.8. The number of benzene rings is 1. The van der Waals surface area contributed by atoms with E-state index in [1.807, 2.05) is 12.3 Å². The molecule has 0 amide bonds. The van der Waals surface area contributed by atoms with Gasteiger partial charge in [0, 0.05) is 17.5 Å². The van der Waals surface area contributed by atoms with Crippen LogP contribution in [0, 0.1) is 11.3 Å². The molecule has 1 aromatic rings. The van der Waals surface area contributed by atoms with Gasteiger partial charge in [-0.25, -0.2) is 4.99 Å². The van der Waals surface area contributed by atoms with Crippen LogP contribution < -0.4 is 11.5 Å². The molecule has 142 valence electrons. The van der Waals surface area contributed by atoms with Crippen LogP contribution in [0.4, 0.5) is 0 Å². The average molecular weight is 358 g/mol. The lowest BCUT2D eigenvalue weighted by atomic mass is 9.59. The summed E-state index contributed by atoms with van der Waals surface area (Å²) in [5.41, 5.74) is 11.1. The minimum absolute atomic E-state index is 0.0566. The summed E-state index contributed by atoms with van der Waals surface area (Å²) in [6.07, 6.45) is 6.54. The van der Waals surface area contributed by atoms with E-state index in [1.54, 1.807) is 0 Å². The van der Waals surface area contributed by atoms with Crippen LogP contribution in [0.5, 0.6) is 0 Å². The molecule has 26 heavy (non-hydrogen) atoms. The number of aliphatic hydroxyl groups is 1. The molecule has 2 aliphatic carbocycles. The highest BCUT2D eigenvalue weighted by Crippen LogP contribution is 2.60. The van der Waals surface area contributed by atoms with Gasteiger partial charge in [0.05, 0.1) is 12.1 Å². The topological polar surface area (TPSA) is 106 Å². The second-order valence-electron chi connectivity index (χ2n) is 7.84. The Morgan fingerprint density at radius 1 is 1.27 bits per heavy atom. The fraction of sp³-hybridized carbons (Fsp3) is 0.600. The first-order chi connectivity index (χ1) is 12.4. The van der Waals surface area contributed by atoms with Crippen LogP contribution in [0.3, 0.4) is 0 Å². The number of guanidine groups is 1. The Hall–Kier alpha value is -2.08. The molecule has 0 unspecified atom stereocenters. The quantitative estimate of drug-likeness (QED) is 0.314. The van der Waals surface area contributed by atoms with Crippen molar-refractivity contribution in [3.05, 3.63) is 35.9 Å².